The van der Waals surface area contributed by atoms with Crippen LogP contribution in [0.4, 0.5) is 0 Å². The standard InChI is InChI=1S/C8H9NO2S/c1-4-2-5(4)7-9-3-6(12-7)8(10)11/h3-5H,2H2,1H3,(H,10,11). The summed E-state index contributed by atoms with van der Waals surface area (Å²) >= 11 is 1.30. The van der Waals surface area contributed by atoms with Gasteiger partial charge >= 0.3 is 5.97 Å². The van der Waals surface area contributed by atoms with Crippen molar-refractivity contribution in [3.8, 4) is 0 Å². The predicted octanol–water partition coefficient (Wildman–Crippen LogP) is 1.96. The Bertz CT molecular complexity index is 321. The first kappa shape index (κ1) is 7.73. The number of carbonyl (C=O) groups is 1. The van der Waals surface area contributed by atoms with E-state index in [1.54, 1.807) is 0 Å². The number of aromatic nitrogens is 1. The summed E-state index contributed by atoms with van der Waals surface area (Å²) < 4.78 is 0. The van der Waals surface area contributed by atoms with Crippen LogP contribution >= 0.6 is 11.3 Å². The van der Waals surface area contributed by atoms with Gasteiger partial charge in [0, 0.05) is 5.92 Å². The highest BCUT2D eigenvalue weighted by Crippen LogP contribution is 2.47. The van der Waals surface area contributed by atoms with Crippen LogP contribution in [-0.2, 0) is 0 Å². The van der Waals surface area contributed by atoms with Crippen LogP contribution in [0.1, 0.15) is 33.9 Å². The predicted molar refractivity (Wildman–Crippen MR) is 45.6 cm³/mol. The third-order valence-electron chi connectivity index (χ3n) is 2.16. The lowest BCUT2D eigenvalue weighted by Crippen LogP contribution is -1.89. The van der Waals surface area contributed by atoms with E-state index in [0.29, 0.717) is 16.7 Å². The van der Waals surface area contributed by atoms with Gasteiger partial charge in [0.05, 0.1) is 11.2 Å². The van der Waals surface area contributed by atoms with Gasteiger partial charge in [-0.2, -0.15) is 0 Å². The zero-order valence-corrected chi connectivity index (χ0v) is 7.47. The molecule has 2 atom stereocenters. The van der Waals surface area contributed by atoms with Crippen LogP contribution in [0.5, 0.6) is 0 Å². The molecule has 0 bridgehead atoms. The number of carboxylic acids is 1. The molecule has 3 nitrogen and oxygen atoms in total. The van der Waals surface area contributed by atoms with Crippen molar-refractivity contribution in [2.75, 3.05) is 0 Å². The molecular weight excluding hydrogens is 174 g/mol. The summed E-state index contributed by atoms with van der Waals surface area (Å²) in [5, 5.41) is 9.62. The van der Waals surface area contributed by atoms with Crippen LogP contribution in [0.2, 0.25) is 0 Å². The number of nitrogens with zero attached hydrogens (tertiary/aromatic N) is 1. The highest BCUT2D eigenvalue weighted by molar-refractivity contribution is 7.13. The lowest BCUT2D eigenvalue weighted by atomic mass is 10.4. The van der Waals surface area contributed by atoms with Gasteiger partial charge in [-0.15, -0.1) is 11.3 Å². The average molecular weight is 183 g/mol. The van der Waals surface area contributed by atoms with Crippen LogP contribution in [0.25, 0.3) is 0 Å². The molecule has 1 saturated carbocycles. The maximum Gasteiger partial charge on any atom is 0.347 e. The van der Waals surface area contributed by atoms with Gasteiger partial charge in [-0.1, -0.05) is 6.92 Å². The van der Waals surface area contributed by atoms with Crippen LogP contribution < -0.4 is 0 Å². The first-order chi connectivity index (χ1) is 5.68. The summed E-state index contributed by atoms with van der Waals surface area (Å²) in [5.74, 6) is 0.355. The van der Waals surface area contributed by atoms with E-state index in [1.807, 2.05) is 0 Å². The molecule has 1 heterocycles. The Labute approximate surface area is 74.1 Å². The number of carboxylic acid groups (broad SMARTS) is 1. The summed E-state index contributed by atoms with van der Waals surface area (Å²) in [6.45, 7) is 2.16. The molecule has 1 aromatic rings. The topological polar surface area (TPSA) is 50.2 Å². The van der Waals surface area contributed by atoms with Crippen molar-refractivity contribution in [1.82, 2.24) is 4.98 Å². The van der Waals surface area contributed by atoms with Crippen molar-refractivity contribution in [1.29, 1.82) is 0 Å². The first-order valence-electron chi connectivity index (χ1n) is 3.87. The number of thiazole rings is 1. The molecule has 1 fully saturated rings. The fourth-order valence-electron chi connectivity index (χ4n) is 1.22. The molecule has 1 aliphatic carbocycles. The molecule has 1 N–H and O–H groups in total. The monoisotopic (exact) mass is 183 g/mol. The molecule has 0 radical (unpaired) electrons. The normalized spacial score (nSPS) is 27.1. The lowest BCUT2D eigenvalue weighted by molar-refractivity contribution is 0.0702. The fraction of sp³-hybridized carbons (Fsp3) is 0.500. The zero-order chi connectivity index (χ0) is 8.72. The highest BCUT2D eigenvalue weighted by atomic mass is 32.1. The Hall–Kier alpha value is -0.900. The van der Waals surface area contributed by atoms with Crippen LogP contribution in [0.15, 0.2) is 6.20 Å². The van der Waals surface area contributed by atoms with Gasteiger partial charge in [0.1, 0.15) is 4.88 Å². The van der Waals surface area contributed by atoms with Crippen molar-refractivity contribution in [2.45, 2.75) is 19.3 Å². The summed E-state index contributed by atoms with van der Waals surface area (Å²) in [6, 6.07) is 0. The number of hydrogen-bond acceptors (Lipinski definition) is 3. The molecule has 1 aliphatic rings. The lowest BCUT2D eigenvalue weighted by Gasteiger charge is -1.86. The van der Waals surface area contributed by atoms with Crippen molar-refractivity contribution in [3.05, 3.63) is 16.1 Å². The molecule has 0 aromatic carbocycles. The Morgan fingerprint density at radius 2 is 2.50 bits per heavy atom. The van der Waals surface area contributed by atoms with Gasteiger partial charge in [0.15, 0.2) is 0 Å². The Morgan fingerprint density at radius 3 is 2.92 bits per heavy atom. The van der Waals surface area contributed by atoms with E-state index in [2.05, 4.69) is 11.9 Å². The minimum absolute atomic E-state index is 0.351. The summed E-state index contributed by atoms with van der Waals surface area (Å²) in [4.78, 5) is 14.9. The molecule has 0 amide bonds. The van der Waals surface area contributed by atoms with Gasteiger partial charge in [0.25, 0.3) is 0 Å². The van der Waals surface area contributed by atoms with Gasteiger partial charge in [-0.25, -0.2) is 9.78 Å². The highest BCUT2D eigenvalue weighted by Gasteiger charge is 2.36. The molecule has 2 unspecified atom stereocenters. The number of rotatable bonds is 2. The van der Waals surface area contributed by atoms with Crippen molar-refractivity contribution < 1.29 is 9.90 Å². The molecule has 0 saturated heterocycles. The van der Waals surface area contributed by atoms with E-state index in [4.69, 9.17) is 5.11 Å². The first-order valence-corrected chi connectivity index (χ1v) is 4.69. The van der Waals surface area contributed by atoms with Crippen molar-refractivity contribution in [2.24, 2.45) is 5.92 Å². The third kappa shape index (κ3) is 1.22. The average Bonchev–Trinajstić information content (AvgIpc) is 2.59. The molecule has 1 aromatic heterocycles. The molecule has 0 spiro atoms. The second kappa shape index (κ2) is 2.55. The molecule has 2 rings (SSSR count). The summed E-state index contributed by atoms with van der Waals surface area (Å²) in [6.07, 6.45) is 2.61. The van der Waals surface area contributed by atoms with E-state index in [9.17, 15) is 4.79 Å². The van der Waals surface area contributed by atoms with Crippen LogP contribution in [0, 0.1) is 5.92 Å². The zero-order valence-electron chi connectivity index (χ0n) is 6.65. The molecule has 12 heavy (non-hydrogen) atoms. The smallest absolute Gasteiger partial charge is 0.347 e. The van der Waals surface area contributed by atoms with E-state index in [1.165, 1.54) is 17.5 Å². The maximum absolute atomic E-state index is 10.5. The molecular formula is C8H9NO2S. The van der Waals surface area contributed by atoms with E-state index in [-0.39, 0.29) is 0 Å². The number of hydrogen-bond donors (Lipinski definition) is 1. The molecule has 64 valence electrons. The Balaban J connectivity index is 2.19. The maximum atomic E-state index is 10.5. The third-order valence-corrected chi connectivity index (χ3v) is 3.28. The second-order valence-electron chi connectivity index (χ2n) is 3.19. The fourth-order valence-corrected chi connectivity index (χ4v) is 2.23. The SMILES string of the molecule is CC1CC1c1ncc(C(=O)O)s1. The quantitative estimate of drug-likeness (QED) is 0.762. The van der Waals surface area contributed by atoms with Gasteiger partial charge < -0.3 is 5.11 Å². The molecule has 4 heteroatoms. The largest absolute Gasteiger partial charge is 0.477 e. The van der Waals surface area contributed by atoms with Gasteiger partial charge in [-0.3, -0.25) is 0 Å². The minimum Gasteiger partial charge on any atom is -0.477 e. The van der Waals surface area contributed by atoms with E-state index in [0.717, 1.165) is 11.4 Å². The van der Waals surface area contributed by atoms with Crippen LogP contribution in [0.3, 0.4) is 0 Å². The van der Waals surface area contributed by atoms with Crippen molar-refractivity contribution in [3.63, 3.8) is 0 Å². The van der Waals surface area contributed by atoms with Crippen molar-refractivity contribution >= 4 is 17.3 Å². The summed E-state index contributed by atoms with van der Waals surface area (Å²) in [7, 11) is 0. The van der Waals surface area contributed by atoms with Gasteiger partial charge in [0.2, 0.25) is 0 Å². The Kier molecular flexibility index (Phi) is 1.65. The van der Waals surface area contributed by atoms with Crippen LogP contribution in [-0.4, -0.2) is 16.1 Å². The van der Waals surface area contributed by atoms with Gasteiger partial charge in [-0.05, 0) is 12.3 Å². The van der Waals surface area contributed by atoms with E-state index < -0.39 is 5.97 Å². The second-order valence-corrected chi connectivity index (χ2v) is 4.25. The minimum atomic E-state index is -0.868. The summed E-state index contributed by atoms with van der Waals surface area (Å²) in [5.41, 5.74) is 0. The van der Waals surface area contributed by atoms with E-state index >= 15 is 0 Å². The molecule has 0 aliphatic heterocycles. The number of aromatic carboxylic acids is 1. The Morgan fingerprint density at radius 1 is 1.83 bits per heavy atom.